The van der Waals surface area contributed by atoms with Crippen molar-refractivity contribution in [1.29, 1.82) is 0 Å². The summed E-state index contributed by atoms with van der Waals surface area (Å²) in [6.45, 7) is 8.61. The third kappa shape index (κ3) is 3.67. The number of aryl methyl sites for hydroxylation is 2. The number of nitrogens with zero attached hydrogens (tertiary/aromatic N) is 1. The maximum atomic E-state index is 11.8. The van der Waals surface area contributed by atoms with Gasteiger partial charge in [-0.25, -0.2) is 0 Å². The van der Waals surface area contributed by atoms with Crippen molar-refractivity contribution >= 4 is 11.7 Å². The summed E-state index contributed by atoms with van der Waals surface area (Å²) < 4.78 is 0. The summed E-state index contributed by atoms with van der Waals surface area (Å²) in [4.78, 5) is 25.1. The van der Waals surface area contributed by atoms with E-state index in [1.54, 1.807) is 14.0 Å². The van der Waals surface area contributed by atoms with Crippen molar-refractivity contribution in [3.63, 3.8) is 0 Å². The third-order valence-corrected chi connectivity index (χ3v) is 3.60. The molecule has 20 heavy (non-hydrogen) atoms. The van der Waals surface area contributed by atoms with E-state index in [1.807, 2.05) is 38.8 Å². The lowest BCUT2D eigenvalue weighted by Crippen LogP contribution is -2.33. The molecule has 0 atom stereocenters. The van der Waals surface area contributed by atoms with Crippen molar-refractivity contribution in [1.82, 2.24) is 10.2 Å². The minimum Gasteiger partial charge on any atom is -0.358 e. The van der Waals surface area contributed by atoms with Crippen LogP contribution in [-0.2, 0) is 11.3 Å². The molecule has 0 aromatic heterocycles. The number of likely N-dealkylation sites (N-methyl/N-ethyl adjacent to an activating group) is 2. The van der Waals surface area contributed by atoms with Gasteiger partial charge < -0.3 is 5.32 Å². The summed E-state index contributed by atoms with van der Waals surface area (Å²) in [5.74, 6) is 0.0805. The highest BCUT2D eigenvalue weighted by atomic mass is 16.2. The first-order valence-corrected chi connectivity index (χ1v) is 6.77. The molecule has 0 radical (unpaired) electrons. The molecule has 0 saturated carbocycles. The molecule has 0 spiro atoms. The van der Waals surface area contributed by atoms with Gasteiger partial charge in [0.1, 0.15) is 0 Å². The van der Waals surface area contributed by atoms with Gasteiger partial charge in [0.15, 0.2) is 5.78 Å². The molecule has 1 aromatic carbocycles. The van der Waals surface area contributed by atoms with E-state index in [-0.39, 0.29) is 11.7 Å². The molecule has 1 amide bonds. The van der Waals surface area contributed by atoms with Crippen molar-refractivity contribution in [3.8, 4) is 0 Å². The van der Waals surface area contributed by atoms with Gasteiger partial charge in [-0.3, -0.25) is 14.5 Å². The first-order valence-electron chi connectivity index (χ1n) is 6.77. The fourth-order valence-electron chi connectivity index (χ4n) is 2.66. The van der Waals surface area contributed by atoms with Crippen LogP contribution < -0.4 is 5.32 Å². The number of hydrogen-bond donors (Lipinski definition) is 1. The quantitative estimate of drug-likeness (QED) is 0.837. The fraction of sp³-hybridized carbons (Fsp3) is 0.500. The zero-order valence-electron chi connectivity index (χ0n) is 13.3. The van der Waals surface area contributed by atoms with Gasteiger partial charge >= 0.3 is 0 Å². The highest BCUT2D eigenvalue weighted by Gasteiger charge is 2.16. The highest BCUT2D eigenvalue weighted by Crippen LogP contribution is 2.23. The third-order valence-electron chi connectivity index (χ3n) is 3.60. The van der Waals surface area contributed by atoms with E-state index in [4.69, 9.17) is 0 Å². The summed E-state index contributed by atoms with van der Waals surface area (Å²) in [6, 6.07) is 2.05. The Morgan fingerprint density at radius 3 is 2.30 bits per heavy atom. The van der Waals surface area contributed by atoms with Gasteiger partial charge in [0.05, 0.1) is 6.54 Å². The Kier molecular flexibility index (Phi) is 5.45. The summed E-state index contributed by atoms with van der Waals surface area (Å²) in [5, 5.41) is 2.61. The van der Waals surface area contributed by atoms with E-state index < -0.39 is 0 Å². The lowest BCUT2D eigenvalue weighted by molar-refractivity contribution is -0.121. The van der Waals surface area contributed by atoms with E-state index in [9.17, 15) is 9.59 Å². The Balaban J connectivity index is 3.09. The molecule has 0 saturated heterocycles. The Morgan fingerprint density at radius 2 is 1.80 bits per heavy atom. The summed E-state index contributed by atoms with van der Waals surface area (Å²) in [6.07, 6.45) is 0. The van der Waals surface area contributed by atoms with Crippen molar-refractivity contribution in [2.75, 3.05) is 20.6 Å². The number of hydrogen-bond acceptors (Lipinski definition) is 3. The van der Waals surface area contributed by atoms with Crippen LogP contribution in [0.2, 0.25) is 0 Å². The molecule has 4 nitrogen and oxygen atoms in total. The zero-order chi connectivity index (χ0) is 15.4. The van der Waals surface area contributed by atoms with Crippen LogP contribution >= 0.6 is 0 Å². The smallest absolute Gasteiger partial charge is 0.233 e. The topological polar surface area (TPSA) is 49.4 Å². The number of Topliss-reactive ketones (excluding diaryl/α,β-unsaturated/α-hetero) is 1. The number of rotatable bonds is 5. The fourth-order valence-corrected chi connectivity index (χ4v) is 2.66. The van der Waals surface area contributed by atoms with Crippen molar-refractivity contribution in [3.05, 3.63) is 33.9 Å². The number of carbonyl (C=O) groups excluding carboxylic acids is 2. The van der Waals surface area contributed by atoms with Gasteiger partial charge in [0, 0.05) is 19.2 Å². The minimum atomic E-state index is -0.0123. The van der Waals surface area contributed by atoms with Crippen LogP contribution in [0.15, 0.2) is 6.07 Å². The molecular weight excluding hydrogens is 252 g/mol. The second kappa shape index (κ2) is 6.66. The van der Waals surface area contributed by atoms with Crippen molar-refractivity contribution in [2.45, 2.75) is 34.2 Å². The minimum absolute atomic E-state index is 0.0123. The Bertz CT molecular complexity index is 536. The maximum Gasteiger partial charge on any atom is 0.233 e. The predicted octanol–water partition coefficient (Wildman–Crippen LogP) is 1.99. The largest absolute Gasteiger partial charge is 0.358 e. The Hall–Kier alpha value is -1.68. The highest BCUT2D eigenvalue weighted by molar-refractivity contribution is 5.97. The average molecular weight is 276 g/mol. The standard InChI is InChI=1S/C16H24N2O2/c1-10-7-11(2)16(13(4)19)12(3)14(10)8-18(6)9-15(20)17-5/h7H,8-9H2,1-6H3,(H,17,20). The summed E-state index contributed by atoms with van der Waals surface area (Å²) >= 11 is 0. The average Bonchev–Trinajstić information content (AvgIpc) is 2.33. The second-order valence-electron chi connectivity index (χ2n) is 5.39. The van der Waals surface area contributed by atoms with Crippen LogP contribution in [0.1, 0.15) is 39.5 Å². The molecular formula is C16H24N2O2. The van der Waals surface area contributed by atoms with Crippen LogP contribution in [0, 0.1) is 20.8 Å². The van der Waals surface area contributed by atoms with Crippen LogP contribution in [-0.4, -0.2) is 37.2 Å². The second-order valence-corrected chi connectivity index (χ2v) is 5.39. The molecule has 1 rings (SSSR count). The molecule has 0 unspecified atom stereocenters. The molecule has 0 aliphatic rings. The van der Waals surface area contributed by atoms with Crippen LogP contribution in [0.3, 0.4) is 0 Å². The van der Waals surface area contributed by atoms with Gasteiger partial charge in [0.2, 0.25) is 5.91 Å². The normalized spacial score (nSPS) is 10.8. The molecule has 0 heterocycles. The summed E-state index contributed by atoms with van der Waals surface area (Å²) in [5.41, 5.74) is 5.14. The van der Waals surface area contributed by atoms with Crippen molar-refractivity contribution < 1.29 is 9.59 Å². The lowest BCUT2D eigenvalue weighted by Gasteiger charge is -2.21. The SMILES string of the molecule is CNC(=O)CN(C)Cc1c(C)cc(C)c(C(C)=O)c1C. The number of amides is 1. The van der Waals surface area contributed by atoms with Gasteiger partial charge in [0.25, 0.3) is 0 Å². The molecule has 0 fully saturated rings. The van der Waals surface area contributed by atoms with Crippen molar-refractivity contribution in [2.24, 2.45) is 0 Å². The predicted molar refractivity (Wildman–Crippen MR) is 81.1 cm³/mol. The number of ketones is 1. The van der Waals surface area contributed by atoms with Gasteiger partial charge in [-0.1, -0.05) is 6.07 Å². The summed E-state index contributed by atoms with van der Waals surface area (Å²) in [7, 11) is 3.54. The van der Waals surface area contributed by atoms with Crippen LogP contribution in [0.4, 0.5) is 0 Å². The van der Waals surface area contributed by atoms with Gasteiger partial charge in [-0.05, 0) is 57.0 Å². The molecule has 1 N–H and O–H groups in total. The Morgan fingerprint density at radius 1 is 1.20 bits per heavy atom. The zero-order valence-corrected chi connectivity index (χ0v) is 13.3. The molecule has 110 valence electrons. The monoisotopic (exact) mass is 276 g/mol. The number of nitrogens with one attached hydrogen (secondary N) is 1. The van der Waals surface area contributed by atoms with E-state index in [0.717, 1.165) is 27.8 Å². The first kappa shape index (κ1) is 16.4. The maximum absolute atomic E-state index is 11.8. The van der Waals surface area contributed by atoms with E-state index in [1.165, 1.54) is 0 Å². The first-order chi connectivity index (χ1) is 9.27. The Labute approximate surface area is 121 Å². The lowest BCUT2D eigenvalue weighted by atomic mass is 9.91. The van der Waals surface area contributed by atoms with Gasteiger partial charge in [-0.15, -0.1) is 0 Å². The molecule has 0 bridgehead atoms. The molecule has 4 heteroatoms. The number of benzene rings is 1. The molecule has 1 aromatic rings. The van der Waals surface area contributed by atoms with E-state index >= 15 is 0 Å². The van der Waals surface area contributed by atoms with E-state index in [2.05, 4.69) is 5.32 Å². The molecule has 0 aliphatic carbocycles. The van der Waals surface area contributed by atoms with Crippen LogP contribution in [0.5, 0.6) is 0 Å². The van der Waals surface area contributed by atoms with E-state index in [0.29, 0.717) is 13.1 Å². The van der Waals surface area contributed by atoms with Gasteiger partial charge in [-0.2, -0.15) is 0 Å². The molecule has 0 aliphatic heterocycles. The van der Waals surface area contributed by atoms with Crippen LogP contribution in [0.25, 0.3) is 0 Å². The number of carbonyl (C=O) groups is 2.